The molecule has 1 atom stereocenters. The number of amides is 1. The normalized spacial score (nSPS) is 20.1. The number of likely N-dealkylation sites (tertiary alicyclic amines) is 1. The maximum Gasteiger partial charge on any atom is 0.311 e. The van der Waals surface area contributed by atoms with Gasteiger partial charge in [0.1, 0.15) is 0 Å². The van der Waals surface area contributed by atoms with Crippen LogP contribution in [0.2, 0.25) is 0 Å². The van der Waals surface area contributed by atoms with Crippen molar-refractivity contribution in [2.75, 3.05) is 27.2 Å². The van der Waals surface area contributed by atoms with Gasteiger partial charge in [0.2, 0.25) is 5.89 Å². The molecule has 118 valence electrons. The third kappa shape index (κ3) is 4.01. The second kappa shape index (κ2) is 6.11. The molecule has 1 N–H and O–H groups in total. The van der Waals surface area contributed by atoms with Gasteiger partial charge in [-0.2, -0.15) is 0 Å². The molecule has 21 heavy (non-hydrogen) atoms. The molecule has 2 heterocycles. The van der Waals surface area contributed by atoms with Gasteiger partial charge in [-0.3, -0.25) is 4.79 Å². The maximum atomic E-state index is 12.4. The lowest BCUT2D eigenvalue weighted by molar-refractivity contribution is -0.0154. The van der Waals surface area contributed by atoms with E-state index in [4.69, 9.17) is 4.42 Å². The van der Waals surface area contributed by atoms with Crippen molar-refractivity contribution in [1.29, 1.82) is 0 Å². The van der Waals surface area contributed by atoms with Crippen LogP contribution in [0.15, 0.2) is 4.42 Å². The van der Waals surface area contributed by atoms with Crippen LogP contribution >= 0.6 is 0 Å². The van der Waals surface area contributed by atoms with Gasteiger partial charge in [-0.05, 0) is 40.8 Å². The highest BCUT2D eigenvalue weighted by Gasteiger charge is 2.34. The second-order valence-corrected chi connectivity index (χ2v) is 6.48. The summed E-state index contributed by atoms with van der Waals surface area (Å²) < 4.78 is 5.41. The predicted octanol–water partition coefficient (Wildman–Crippen LogP) is 0.754. The summed E-state index contributed by atoms with van der Waals surface area (Å²) in [5, 5.41) is 17.8. The Kier molecular flexibility index (Phi) is 4.63. The Morgan fingerprint density at radius 3 is 2.81 bits per heavy atom. The van der Waals surface area contributed by atoms with E-state index in [1.807, 2.05) is 19.0 Å². The van der Waals surface area contributed by atoms with E-state index in [2.05, 4.69) is 10.2 Å². The predicted molar refractivity (Wildman–Crippen MR) is 76.6 cm³/mol. The number of hydrogen-bond donors (Lipinski definition) is 1. The molecular weight excluding hydrogens is 272 g/mol. The summed E-state index contributed by atoms with van der Waals surface area (Å²) in [6.45, 7) is 5.26. The molecule has 0 spiro atoms. The zero-order valence-corrected chi connectivity index (χ0v) is 13.2. The van der Waals surface area contributed by atoms with Crippen LogP contribution in [0.4, 0.5) is 0 Å². The van der Waals surface area contributed by atoms with Crippen molar-refractivity contribution < 1.29 is 14.3 Å². The number of aliphatic hydroxyl groups is 1. The summed E-state index contributed by atoms with van der Waals surface area (Å²) >= 11 is 0. The molecule has 2 rings (SSSR count). The van der Waals surface area contributed by atoms with E-state index in [0.29, 0.717) is 25.5 Å². The Morgan fingerprint density at radius 1 is 1.48 bits per heavy atom. The van der Waals surface area contributed by atoms with Crippen molar-refractivity contribution in [3.8, 4) is 0 Å². The lowest BCUT2D eigenvalue weighted by Gasteiger charge is -2.38. The first-order valence-corrected chi connectivity index (χ1v) is 7.26. The van der Waals surface area contributed by atoms with E-state index < -0.39 is 5.60 Å². The van der Waals surface area contributed by atoms with Gasteiger partial charge in [0.15, 0.2) is 0 Å². The van der Waals surface area contributed by atoms with Gasteiger partial charge < -0.3 is 19.3 Å². The number of carbonyl (C=O) groups is 1. The number of rotatable bonds is 4. The SMILES string of the molecule is CN(C)Cc1nnc(C(=O)N2CCC[C@@H](C(C)(C)O)C2)o1. The Bertz CT molecular complexity index is 493. The number of hydrogen-bond acceptors (Lipinski definition) is 6. The number of piperidine rings is 1. The summed E-state index contributed by atoms with van der Waals surface area (Å²) in [6, 6.07) is 0. The fourth-order valence-electron chi connectivity index (χ4n) is 2.55. The summed E-state index contributed by atoms with van der Waals surface area (Å²) in [6.07, 6.45) is 1.79. The Morgan fingerprint density at radius 2 is 2.19 bits per heavy atom. The monoisotopic (exact) mass is 296 g/mol. The smallest absolute Gasteiger partial charge is 0.311 e. The van der Waals surface area contributed by atoms with Crippen molar-refractivity contribution in [3.05, 3.63) is 11.8 Å². The third-order valence-corrected chi connectivity index (χ3v) is 3.81. The fraction of sp³-hybridized carbons (Fsp3) is 0.786. The Labute approximate surface area is 124 Å². The van der Waals surface area contributed by atoms with Crippen molar-refractivity contribution in [1.82, 2.24) is 20.0 Å². The van der Waals surface area contributed by atoms with Crippen LogP contribution in [0.25, 0.3) is 0 Å². The molecule has 1 aliphatic heterocycles. The summed E-state index contributed by atoms with van der Waals surface area (Å²) in [5.41, 5.74) is -0.788. The first kappa shape index (κ1) is 15.9. The van der Waals surface area contributed by atoms with Gasteiger partial charge in [-0.25, -0.2) is 0 Å². The van der Waals surface area contributed by atoms with Crippen LogP contribution in [-0.2, 0) is 6.54 Å². The fourth-order valence-corrected chi connectivity index (χ4v) is 2.55. The quantitative estimate of drug-likeness (QED) is 0.883. The van der Waals surface area contributed by atoms with E-state index in [1.165, 1.54) is 0 Å². The van der Waals surface area contributed by atoms with Gasteiger partial charge in [0.05, 0.1) is 12.1 Å². The minimum Gasteiger partial charge on any atom is -0.415 e. The zero-order valence-electron chi connectivity index (χ0n) is 13.2. The highest BCUT2D eigenvalue weighted by Crippen LogP contribution is 2.27. The molecule has 0 unspecified atom stereocenters. The highest BCUT2D eigenvalue weighted by atomic mass is 16.4. The second-order valence-electron chi connectivity index (χ2n) is 6.48. The van der Waals surface area contributed by atoms with Crippen LogP contribution in [0.5, 0.6) is 0 Å². The average Bonchev–Trinajstić information content (AvgIpc) is 2.84. The molecule has 0 saturated carbocycles. The molecule has 1 fully saturated rings. The minimum absolute atomic E-state index is 0.0308. The summed E-state index contributed by atoms with van der Waals surface area (Å²) in [5.74, 6) is 0.281. The molecule has 1 aliphatic rings. The van der Waals surface area contributed by atoms with E-state index in [1.54, 1.807) is 18.7 Å². The van der Waals surface area contributed by atoms with Gasteiger partial charge in [-0.1, -0.05) is 0 Å². The molecule has 0 aromatic carbocycles. The standard InChI is InChI=1S/C14H24N4O3/c1-14(2,20)10-6-5-7-18(8-10)13(19)12-16-15-11(21-12)9-17(3)4/h10,20H,5-9H2,1-4H3/t10-/m1/s1. The molecular formula is C14H24N4O3. The summed E-state index contributed by atoms with van der Waals surface area (Å²) in [7, 11) is 3.79. The van der Waals surface area contributed by atoms with Gasteiger partial charge in [0.25, 0.3) is 0 Å². The highest BCUT2D eigenvalue weighted by molar-refractivity contribution is 5.89. The number of aromatic nitrogens is 2. The third-order valence-electron chi connectivity index (χ3n) is 3.81. The number of carbonyl (C=O) groups excluding carboxylic acids is 1. The molecule has 0 radical (unpaired) electrons. The lowest BCUT2D eigenvalue weighted by Crippen LogP contribution is -2.47. The van der Waals surface area contributed by atoms with Crippen molar-refractivity contribution in [3.63, 3.8) is 0 Å². The van der Waals surface area contributed by atoms with Crippen LogP contribution in [-0.4, -0.2) is 63.8 Å². The maximum absolute atomic E-state index is 12.4. The molecule has 1 aromatic rings. The molecule has 1 aromatic heterocycles. The van der Waals surface area contributed by atoms with E-state index in [9.17, 15) is 9.90 Å². The van der Waals surface area contributed by atoms with Crippen LogP contribution in [0, 0.1) is 5.92 Å². The van der Waals surface area contributed by atoms with Crippen LogP contribution in [0.1, 0.15) is 43.3 Å². The van der Waals surface area contributed by atoms with E-state index in [-0.39, 0.29) is 17.7 Å². The van der Waals surface area contributed by atoms with Gasteiger partial charge >= 0.3 is 11.8 Å². The molecule has 0 bridgehead atoms. The summed E-state index contributed by atoms with van der Waals surface area (Å²) in [4.78, 5) is 16.0. The van der Waals surface area contributed by atoms with Crippen LogP contribution in [0.3, 0.4) is 0 Å². The average molecular weight is 296 g/mol. The Hall–Kier alpha value is -1.47. The molecule has 7 nitrogen and oxygen atoms in total. The van der Waals surface area contributed by atoms with Crippen molar-refractivity contribution >= 4 is 5.91 Å². The van der Waals surface area contributed by atoms with Gasteiger partial charge in [-0.15, -0.1) is 10.2 Å². The van der Waals surface area contributed by atoms with Crippen molar-refractivity contribution in [2.45, 2.75) is 38.8 Å². The topological polar surface area (TPSA) is 82.7 Å². The first-order valence-electron chi connectivity index (χ1n) is 7.26. The van der Waals surface area contributed by atoms with Crippen LogP contribution < -0.4 is 0 Å². The first-order chi connectivity index (χ1) is 9.77. The molecule has 7 heteroatoms. The van der Waals surface area contributed by atoms with E-state index >= 15 is 0 Å². The number of nitrogens with zero attached hydrogens (tertiary/aromatic N) is 4. The minimum atomic E-state index is -0.788. The van der Waals surface area contributed by atoms with E-state index in [0.717, 1.165) is 12.8 Å². The molecule has 0 aliphatic carbocycles. The molecule has 1 saturated heterocycles. The lowest BCUT2D eigenvalue weighted by atomic mass is 9.84. The molecule has 1 amide bonds. The zero-order chi connectivity index (χ0) is 15.6. The van der Waals surface area contributed by atoms with Gasteiger partial charge in [0, 0.05) is 19.0 Å². The largest absolute Gasteiger partial charge is 0.415 e. The van der Waals surface area contributed by atoms with Crippen molar-refractivity contribution in [2.24, 2.45) is 5.92 Å². The Balaban J connectivity index is 2.04.